The summed E-state index contributed by atoms with van der Waals surface area (Å²) in [6.45, 7) is 7.30. The molecular formula is C32H31NO4. The number of methoxy groups -OCH3 is 1. The Bertz CT molecular complexity index is 1580. The zero-order chi connectivity index (χ0) is 26.2. The second kappa shape index (κ2) is 9.66. The average molecular weight is 494 g/mol. The fourth-order valence-electron chi connectivity index (χ4n) is 5.20. The molecule has 0 amide bonds. The summed E-state index contributed by atoms with van der Waals surface area (Å²) >= 11 is 0. The van der Waals surface area contributed by atoms with Gasteiger partial charge in [0, 0.05) is 27.3 Å². The van der Waals surface area contributed by atoms with Gasteiger partial charge in [-0.05, 0) is 36.2 Å². The molecule has 0 saturated heterocycles. The molecule has 37 heavy (non-hydrogen) atoms. The number of rotatable bonds is 7. The predicted octanol–water partition coefficient (Wildman–Crippen LogP) is 7.00. The molecule has 0 radical (unpaired) electrons. The molecule has 1 heterocycles. The Kier molecular flexibility index (Phi) is 6.38. The first-order chi connectivity index (χ1) is 17.8. The molecule has 0 bridgehead atoms. The smallest absolute Gasteiger partial charge is 0.340 e. The van der Waals surface area contributed by atoms with Gasteiger partial charge in [-0.25, -0.2) is 4.79 Å². The monoisotopic (exact) mass is 493 g/mol. The molecule has 5 heteroatoms. The van der Waals surface area contributed by atoms with Crippen LogP contribution in [-0.4, -0.2) is 29.4 Å². The van der Waals surface area contributed by atoms with Crippen molar-refractivity contribution in [2.75, 3.05) is 13.7 Å². The maximum atomic E-state index is 12.7. The number of nitrogens with zero attached hydrogens (tertiary/aromatic N) is 1. The third-order valence-electron chi connectivity index (χ3n) is 7.34. The zero-order valence-electron chi connectivity index (χ0n) is 21.6. The number of aromatic hydroxyl groups is 1. The largest absolute Gasteiger partial charge is 0.507 e. The summed E-state index contributed by atoms with van der Waals surface area (Å²) in [5, 5.41) is 12.9. The summed E-state index contributed by atoms with van der Waals surface area (Å²) in [5.74, 6) is 0.506. The van der Waals surface area contributed by atoms with Crippen LogP contribution in [0.3, 0.4) is 0 Å². The number of carbonyl (C=O) groups excluding carboxylic acids is 1. The molecule has 4 aromatic carbocycles. The van der Waals surface area contributed by atoms with Gasteiger partial charge in [0.1, 0.15) is 18.1 Å². The Labute approximate surface area is 216 Å². The fraction of sp³-hybridized carbons (Fsp3) is 0.219. The van der Waals surface area contributed by atoms with E-state index in [0.717, 1.165) is 27.7 Å². The number of fused-ring (bicyclic) bond motifs is 3. The van der Waals surface area contributed by atoms with Crippen LogP contribution in [0.1, 0.15) is 41.0 Å². The van der Waals surface area contributed by atoms with Crippen LogP contribution in [0.4, 0.5) is 0 Å². The quantitative estimate of drug-likeness (QED) is 0.248. The number of esters is 1. The van der Waals surface area contributed by atoms with Crippen LogP contribution in [0.5, 0.6) is 11.5 Å². The summed E-state index contributed by atoms with van der Waals surface area (Å²) in [6, 6.07) is 28.0. The topological polar surface area (TPSA) is 60.7 Å². The predicted molar refractivity (Wildman–Crippen MR) is 148 cm³/mol. The molecule has 0 aliphatic heterocycles. The van der Waals surface area contributed by atoms with Gasteiger partial charge in [-0.1, -0.05) is 80.6 Å². The van der Waals surface area contributed by atoms with Gasteiger partial charge in [-0.3, -0.25) is 0 Å². The SMILES string of the molecule is COC(=O)c1c(C)n(CCOc2ccc(C(C)(C)c3ccccc3)cc2)c2c1cc(O)c1ccccc12. The van der Waals surface area contributed by atoms with E-state index in [2.05, 4.69) is 54.8 Å². The highest BCUT2D eigenvalue weighted by Crippen LogP contribution is 2.38. The van der Waals surface area contributed by atoms with Crippen LogP contribution < -0.4 is 4.74 Å². The van der Waals surface area contributed by atoms with Crippen molar-refractivity contribution < 1.29 is 19.4 Å². The standard InChI is InChI=1S/C32H31NO4/c1-21-29(31(35)36-4)27-20-28(34)25-12-8-9-13-26(25)30(27)33(21)18-19-37-24-16-14-23(15-17-24)32(2,3)22-10-6-5-7-11-22/h5-17,20,34H,18-19H2,1-4H3. The van der Waals surface area contributed by atoms with Crippen molar-refractivity contribution in [2.24, 2.45) is 0 Å². The van der Waals surface area contributed by atoms with Crippen molar-refractivity contribution in [3.05, 3.63) is 107 Å². The molecule has 5 rings (SSSR count). The number of benzene rings is 4. The lowest BCUT2D eigenvalue weighted by molar-refractivity contribution is 0.0601. The number of aromatic nitrogens is 1. The van der Waals surface area contributed by atoms with Gasteiger partial charge in [-0.2, -0.15) is 0 Å². The molecule has 5 nitrogen and oxygen atoms in total. The first-order valence-electron chi connectivity index (χ1n) is 12.4. The van der Waals surface area contributed by atoms with Crippen LogP contribution >= 0.6 is 0 Å². The van der Waals surface area contributed by atoms with Crippen molar-refractivity contribution in [1.82, 2.24) is 4.57 Å². The van der Waals surface area contributed by atoms with E-state index < -0.39 is 5.97 Å². The first-order valence-corrected chi connectivity index (χ1v) is 12.4. The van der Waals surface area contributed by atoms with E-state index in [1.54, 1.807) is 6.07 Å². The number of phenols is 1. The lowest BCUT2D eigenvalue weighted by Gasteiger charge is -2.26. The lowest BCUT2D eigenvalue weighted by Crippen LogP contribution is -2.18. The van der Waals surface area contributed by atoms with Crippen LogP contribution in [0.25, 0.3) is 21.7 Å². The minimum Gasteiger partial charge on any atom is -0.507 e. The summed E-state index contributed by atoms with van der Waals surface area (Å²) in [6.07, 6.45) is 0. The number of ether oxygens (including phenoxy) is 2. The minimum atomic E-state index is -0.423. The maximum absolute atomic E-state index is 12.7. The van der Waals surface area contributed by atoms with Crippen LogP contribution in [-0.2, 0) is 16.7 Å². The van der Waals surface area contributed by atoms with Gasteiger partial charge in [0.25, 0.3) is 0 Å². The highest BCUT2D eigenvalue weighted by atomic mass is 16.5. The van der Waals surface area contributed by atoms with Crippen molar-refractivity contribution in [2.45, 2.75) is 32.7 Å². The van der Waals surface area contributed by atoms with Crippen molar-refractivity contribution in [3.8, 4) is 11.5 Å². The third kappa shape index (κ3) is 4.31. The second-order valence-corrected chi connectivity index (χ2v) is 9.80. The van der Waals surface area contributed by atoms with Gasteiger partial charge in [0.2, 0.25) is 0 Å². The summed E-state index contributed by atoms with van der Waals surface area (Å²) in [7, 11) is 1.37. The number of carbonyl (C=O) groups is 1. The summed E-state index contributed by atoms with van der Waals surface area (Å²) in [4.78, 5) is 12.7. The minimum absolute atomic E-state index is 0.113. The average Bonchev–Trinajstić information content (AvgIpc) is 3.20. The van der Waals surface area contributed by atoms with Crippen molar-refractivity contribution in [1.29, 1.82) is 0 Å². The Morgan fingerprint density at radius 3 is 2.16 bits per heavy atom. The van der Waals surface area contributed by atoms with Gasteiger partial charge >= 0.3 is 5.97 Å². The fourth-order valence-corrected chi connectivity index (χ4v) is 5.20. The van der Waals surface area contributed by atoms with E-state index in [-0.39, 0.29) is 11.2 Å². The Morgan fingerprint density at radius 2 is 1.49 bits per heavy atom. The molecular weight excluding hydrogens is 462 g/mol. The second-order valence-electron chi connectivity index (χ2n) is 9.80. The van der Waals surface area contributed by atoms with Crippen LogP contribution in [0.2, 0.25) is 0 Å². The molecule has 188 valence electrons. The Hall–Kier alpha value is -4.25. The van der Waals surface area contributed by atoms with Crippen LogP contribution in [0, 0.1) is 6.92 Å². The third-order valence-corrected chi connectivity index (χ3v) is 7.34. The number of phenolic OH excluding ortho intramolecular Hbond substituents is 1. The Balaban J connectivity index is 1.42. The molecule has 0 unspecified atom stereocenters. The van der Waals surface area contributed by atoms with E-state index in [4.69, 9.17) is 9.47 Å². The number of hydrogen-bond donors (Lipinski definition) is 1. The Morgan fingerprint density at radius 1 is 0.865 bits per heavy atom. The van der Waals surface area contributed by atoms with E-state index in [1.165, 1.54) is 18.2 Å². The molecule has 1 N–H and O–H groups in total. The molecule has 0 atom stereocenters. The maximum Gasteiger partial charge on any atom is 0.340 e. The molecule has 1 aromatic heterocycles. The normalized spacial score (nSPS) is 11.7. The first kappa shape index (κ1) is 24.4. The van der Waals surface area contributed by atoms with E-state index in [0.29, 0.717) is 24.1 Å². The lowest BCUT2D eigenvalue weighted by atomic mass is 9.78. The van der Waals surface area contributed by atoms with Crippen molar-refractivity contribution in [3.63, 3.8) is 0 Å². The van der Waals surface area contributed by atoms with Gasteiger partial charge in [0.15, 0.2) is 0 Å². The van der Waals surface area contributed by atoms with E-state index in [1.807, 2.05) is 49.4 Å². The highest BCUT2D eigenvalue weighted by Gasteiger charge is 2.24. The number of hydrogen-bond acceptors (Lipinski definition) is 4. The summed E-state index contributed by atoms with van der Waals surface area (Å²) < 4.78 is 13.3. The van der Waals surface area contributed by atoms with Gasteiger partial charge < -0.3 is 19.1 Å². The van der Waals surface area contributed by atoms with Gasteiger partial charge in [0.05, 0.1) is 24.7 Å². The molecule has 0 saturated carbocycles. The van der Waals surface area contributed by atoms with Crippen molar-refractivity contribution >= 4 is 27.6 Å². The molecule has 0 aliphatic rings. The molecule has 0 fully saturated rings. The van der Waals surface area contributed by atoms with E-state index >= 15 is 0 Å². The van der Waals surface area contributed by atoms with Gasteiger partial charge in [-0.15, -0.1) is 0 Å². The van der Waals surface area contributed by atoms with Crippen LogP contribution in [0.15, 0.2) is 84.9 Å². The highest BCUT2D eigenvalue weighted by molar-refractivity contribution is 6.16. The van der Waals surface area contributed by atoms with E-state index in [9.17, 15) is 9.90 Å². The zero-order valence-corrected chi connectivity index (χ0v) is 21.6. The molecule has 0 spiro atoms. The summed E-state index contributed by atoms with van der Waals surface area (Å²) in [5.41, 5.74) is 4.49. The molecule has 0 aliphatic carbocycles. The molecule has 5 aromatic rings.